The molecule has 146 valence electrons. The summed E-state index contributed by atoms with van der Waals surface area (Å²) in [4.78, 5) is 21.4. The molecule has 4 rings (SSSR count). The lowest BCUT2D eigenvalue weighted by molar-refractivity contribution is -0.139. The molecule has 0 aliphatic carbocycles. The van der Waals surface area contributed by atoms with E-state index in [0.717, 1.165) is 56.8 Å². The minimum absolute atomic E-state index is 0.156. The highest BCUT2D eigenvalue weighted by atomic mass is 16.3. The van der Waals surface area contributed by atoms with Crippen LogP contribution in [0.15, 0.2) is 24.4 Å². The Kier molecular flexibility index (Phi) is 5.19. The molecule has 2 saturated heterocycles. The number of carbonyl (C=O) groups excluding carboxylic acids is 1. The van der Waals surface area contributed by atoms with Crippen LogP contribution in [0.2, 0.25) is 0 Å². The van der Waals surface area contributed by atoms with Gasteiger partial charge in [0.1, 0.15) is 5.65 Å². The summed E-state index contributed by atoms with van der Waals surface area (Å²) >= 11 is 0. The number of hydrogen-bond donors (Lipinski definition) is 1. The van der Waals surface area contributed by atoms with Gasteiger partial charge < -0.3 is 14.4 Å². The van der Waals surface area contributed by atoms with Crippen LogP contribution in [-0.4, -0.2) is 63.0 Å². The summed E-state index contributed by atoms with van der Waals surface area (Å²) in [6.07, 6.45) is 6.75. The van der Waals surface area contributed by atoms with Crippen molar-refractivity contribution in [3.8, 4) is 0 Å². The first kappa shape index (κ1) is 18.4. The summed E-state index contributed by atoms with van der Waals surface area (Å²) in [5.74, 6) is 0.262. The Labute approximate surface area is 160 Å². The highest BCUT2D eigenvalue weighted by Crippen LogP contribution is 2.40. The van der Waals surface area contributed by atoms with Gasteiger partial charge >= 0.3 is 0 Å². The Bertz CT molecular complexity index is 808. The predicted molar refractivity (Wildman–Crippen MR) is 104 cm³/mol. The third kappa shape index (κ3) is 3.73. The van der Waals surface area contributed by atoms with Crippen LogP contribution in [0.25, 0.3) is 5.65 Å². The van der Waals surface area contributed by atoms with Gasteiger partial charge in [0.25, 0.3) is 0 Å². The summed E-state index contributed by atoms with van der Waals surface area (Å²) in [5, 5.41) is 9.09. The van der Waals surface area contributed by atoms with Crippen LogP contribution in [0.1, 0.15) is 43.5 Å². The van der Waals surface area contributed by atoms with Gasteiger partial charge in [-0.25, -0.2) is 4.98 Å². The van der Waals surface area contributed by atoms with Gasteiger partial charge in [-0.15, -0.1) is 0 Å². The molecular weight excluding hydrogens is 340 g/mol. The average molecular weight is 370 g/mol. The van der Waals surface area contributed by atoms with Crippen LogP contribution in [0.3, 0.4) is 0 Å². The number of aryl methyl sites for hydroxylation is 1. The zero-order valence-corrected chi connectivity index (χ0v) is 16.2. The molecule has 0 aromatic carbocycles. The van der Waals surface area contributed by atoms with Crippen molar-refractivity contribution in [3.05, 3.63) is 35.8 Å². The van der Waals surface area contributed by atoms with Crippen molar-refractivity contribution in [3.63, 3.8) is 0 Å². The van der Waals surface area contributed by atoms with E-state index in [1.807, 2.05) is 11.0 Å². The van der Waals surface area contributed by atoms with Crippen LogP contribution >= 0.6 is 0 Å². The number of piperidine rings is 2. The van der Waals surface area contributed by atoms with E-state index in [1.54, 1.807) is 0 Å². The van der Waals surface area contributed by atoms with Gasteiger partial charge in [0.05, 0.1) is 11.4 Å². The van der Waals surface area contributed by atoms with E-state index >= 15 is 0 Å². The molecule has 0 atom stereocenters. The summed E-state index contributed by atoms with van der Waals surface area (Å²) in [5.41, 5.74) is 3.68. The number of fused-ring (bicyclic) bond motifs is 1. The van der Waals surface area contributed by atoms with Crippen LogP contribution in [0, 0.1) is 12.3 Å². The fourth-order valence-electron chi connectivity index (χ4n) is 4.73. The molecular formula is C21H30N4O2. The normalized spacial score (nSPS) is 20.7. The van der Waals surface area contributed by atoms with Crippen LogP contribution in [0.5, 0.6) is 0 Å². The molecule has 27 heavy (non-hydrogen) atoms. The standard InChI is InChI=1S/C21H30N4O2/c1-17-18(25-11-3-2-5-19(25)22-17)15-23-12-8-21(9-13-23)7-6-20(27)24(16-21)10-4-14-26/h2-3,5,11,26H,4,6-10,12-16H2,1H3. The minimum atomic E-state index is 0.156. The first-order valence-corrected chi connectivity index (χ1v) is 10.1. The average Bonchev–Trinajstić information content (AvgIpc) is 3.00. The molecule has 2 aromatic rings. The smallest absolute Gasteiger partial charge is 0.222 e. The zero-order chi connectivity index (χ0) is 18.9. The Balaban J connectivity index is 1.40. The number of likely N-dealkylation sites (tertiary alicyclic amines) is 2. The molecule has 2 fully saturated rings. The van der Waals surface area contributed by atoms with Crippen LogP contribution < -0.4 is 0 Å². The van der Waals surface area contributed by atoms with E-state index in [1.165, 1.54) is 5.69 Å². The number of aromatic nitrogens is 2. The number of amides is 1. The Hall–Kier alpha value is -1.92. The number of imidazole rings is 1. The van der Waals surface area contributed by atoms with Gasteiger partial charge in [0.15, 0.2) is 0 Å². The first-order chi connectivity index (χ1) is 13.1. The molecule has 4 heterocycles. The molecule has 0 saturated carbocycles. The molecule has 1 amide bonds. The second kappa shape index (κ2) is 7.60. The van der Waals surface area contributed by atoms with Crippen molar-refractivity contribution >= 4 is 11.6 Å². The molecule has 0 unspecified atom stereocenters. The third-order valence-electron chi connectivity index (χ3n) is 6.45. The van der Waals surface area contributed by atoms with Crippen LogP contribution in [0.4, 0.5) is 0 Å². The van der Waals surface area contributed by atoms with Crippen molar-refractivity contribution in [1.82, 2.24) is 19.2 Å². The maximum Gasteiger partial charge on any atom is 0.222 e. The molecule has 1 spiro atoms. The van der Waals surface area contributed by atoms with Crippen LogP contribution in [-0.2, 0) is 11.3 Å². The lowest BCUT2D eigenvalue weighted by atomic mass is 9.72. The summed E-state index contributed by atoms with van der Waals surface area (Å²) < 4.78 is 2.20. The van der Waals surface area contributed by atoms with Crippen molar-refractivity contribution in [2.45, 2.75) is 45.6 Å². The summed E-state index contributed by atoms with van der Waals surface area (Å²) in [6.45, 7) is 6.89. The summed E-state index contributed by atoms with van der Waals surface area (Å²) in [7, 11) is 0. The van der Waals surface area contributed by atoms with Gasteiger partial charge in [-0.2, -0.15) is 0 Å². The topological polar surface area (TPSA) is 61.1 Å². The number of aliphatic hydroxyl groups is 1. The monoisotopic (exact) mass is 370 g/mol. The predicted octanol–water partition coefficient (Wildman–Crippen LogP) is 2.23. The minimum Gasteiger partial charge on any atom is -0.396 e. The van der Waals surface area contributed by atoms with E-state index in [0.29, 0.717) is 19.4 Å². The molecule has 2 aromatic heterocycles. The van der Waals surface area contributed by atoms with Gasteiger partial charge in [-0.05, 0) is 63.2 Å². The molecule has 2 aliphatic rings. The van der Waals surface area contributed by atoms with Crippen molar-refractivity contribution in [1.29, 1.82) is 0 Å². The fourth-order valence-corrected chi connectivity index (χ4v) is 4.73. The van der Waals surface area contributed by atoms with Gasteiger partial charge in [0, 0.05) is 38.9 Å². The molecule has 6 nitrogen and oxygen atoms in total. The SMILES string of the molecule is Cc1nc2ccccn2c1CN1CCC2(CCC(=O)N(CCCO)C2)CC1. The van der Waals surface area contributed by atoms with E-state index in [9.17, 15) is 4.79 Å². The lowest BCUT2D eigenvalue weighted by Gasteiger charge is -2.47. The Morgan fingerprint density at radius 1 is 1.22 bits per heavy atom. The van der Waals surface area contributed by atoms with Crippen molar-refractivity contribution in [2.75, 3.05) is 32.8 Å². The van der Waals surface area contributed by atoms with E-state index in [2.05, 4.69) is 39.5 Å². The molecule has 2 aliphatic heterocycles. The molecule has 6 heteroatoms. The Morgan fingerprint density at radius 3 is 2.81 bits per heavy atom. The molecule has 1 N–H and O–H groups in total. The summed E-state index contributed by atoms with van der Waals surface area (Å²) in [6, 6.07) is 6.15. The van der Waals surface area contributed by atoms with Gasteiger partial charge in [0.2, 0.25) is 5.91 Å². The van der Waals surface area contributed by atoms with Crippen molar-refractivity contribution < 1.29 is 9.90 Å². The number of rotatable bonds is 5. The van der Waals surface area contributed by atoms with E-state index in [-0.39, 0.29) is 17.9 Å². The second-order valence-corrected chi connectivity index (χ2v) is 8.24. The lowest BCUT2D eigenvalue weighted by Crippen LogP contribution is -2.51. The highest BCUT2D eigenvalue weighted by molar-refractivity contribution is 5.77. The second-order valence-electron chi connectivity index (χ2n) is 8.24. The first-order valence-electron chi connectivity index (χ1n) is 10.1. The number of carbonyl (C=O) groups is 1. The maximum absolute atomic E-state index is 12.2. The maximum atomic E-state index is 12.2. The number of aliphatic hydroxyl groups excluding tert-OH is 1. The number of nitrogens with zero attached hydrogens (tertiary/aromatic N) is 4. The number of hydrogen-bond acceptors (Lipinski definition) is 4. The van der Waals surface area contributed by atoms with Crippen molar-refractivity contribution in [2.24, 2.45) is 5.41 Å². The molecule has 0 bridgehead atoms. The van der Waals surface area contributed by atoms with Gasteiger partial charge in [-0.1, -0.05) is 6.07 Å². The Morgan fingerprint density at radius 2 is 2.04 bits per heavy atom. The van der Waals surface area contributed by atoms with Gasteiger partial charge in [-0.3, -0.25) is 9.69 Å². The fraction of sp³-hybridized carbons (Fsp3) is 0.619. The zero-order valence-electron chi connectivity index (χ0n) is 16.2. The molecule has 0 radical (unpaired) electrons. The quantitative estimate of drug-likeness (QED) is 0.877. The largest absolute Gasteiger partial charge is 0.396 e. The number of pyridine rings is 1. The highest BCUT2D eigenvalue weighted by Gasteiger charge is 2.40. The van der Waals surface area contributed by atoms with E-state index in [4.69, 9.17) is 5.11 Å². The van der Waals surface area contributed by atoms with E-state index < -0.39 is 0 Å². The third-order valence-corrected chi connectivity index (χ3v) is 6.45.